The Morgan fingerprint density at radius 2 is 1.68 bits per heavy atom. The van der Waals surface area contributed by atoms with Gasteiger partial charge in [-0.25, -0.2) is 4.79 Å². The monoisotopic (exact) mass is 508 g/mol. The number of aliphatic hydroxyl groups excluding tert-OH is 2. The first-order valence-corrected chi connectivity index (χ1v) is 11.7. The highest BCUT2D eigenvalue weighted by molar-refractivity contribution is 6.19. The molecule has 2 heterocycles. The molecule has 5 atom stereocenters. The Hall–Kier alpha value is -3.63. The Bertz CT molecular complexity index is 1620. The van der Waals surface area contributed by atoms with Gasteiger partial charge >= 0.3 is 5.63 Å². The molecular formula is C28H28O9. The Morgan fingerprint density at radius 3 is 2.32 bits per heavy atom. The molecule has 37 heavy (non-hydrogen) atoms. The Balaban J connectivity index is 1.97. The fourth-order valence-electron chi connectivity index (χ4n) is 5.28. The molecule has 0 bridgehead atoms. The molecule has 194 valence electrons. The third-order valence-corrected chi connectivity index (χ3v) is 7.29. The van der Waals surface area contributed by atoms with Gasteiger partial charge in [-0.2, -0.15) is 0 Å². The number of hydrogen-bond donors (Lipinski definition) is 4. The summed E-state index contributed by atoms with van der Waals surface area (Å²) >= 11 is 0. The highest BCUT2D eigenvalue weighted by Crippen LogP contribution is 2.48. The average molecular weight is 509 g/mol. The number of phenolic OH excluding ortho intramolecular Hbond substituents is 1. The van der Waals surface area contributed by atoms with Crippen molar-refractivity contribution in [3.8, 4) is 17.2 Å². The summed E-state index contributed by atoms with van der Waals surface area (Å²) in [6.07, 6.45) is -3.29. The standard InChI is InChI=1S/C28H28O9/c1-6-13-9-16-20(18(10-13)34-4)15-11-19(35-5)22-17(29)8-7-14(21(22)23(15)37-27(16)32)24-26(31)28(3,33)25(30)12(2)36-24/h6-12,24-26,29-31,33H,1H2,2-5H3/t12-,24+,25+,26+,28-/m1/s1. The molecule has 0 saturated carbocycles. The first-order chi connectivity index (χ1) is 17.5. The van der Waals surface area contributed by atoms with Crippen molar-refractivity contribution >= 4 is 38.6 Å². The number of aliphatic hydroxyl groups is 3. The lowest BCUT2D eigenvalue weighted by molar-refractivity contribution is -0.261. The minimum Gasteiger partial charge on any atom is -0.507 e. The molecule has 4 N–H and O–H groups in total. The lowest BCUT2D eigenvalue weighted by Crippen LogP contribution is -2.61. The van der Waals surface area contributed by atoms with Gasteiger partial charge in [0, 0.05) is 16.2 Å². The van der Waals surface area contributed by atoms with Crippen molar-refractivity contribution < 1.29 is 39.1 Å². The van der Waals surface area contributed by atoms with Gasteiger partial charge in [0.1, 0.15) is 46.7 Å². The second-order valence-electron chi connectivity index (χ2n) is 9.50. The zero-order valence-corrected chi connectivity index (χ0v) is 20.8. The van der Waals surface area contributed by atoms with Crippen LogP contribution in [0.1, 0.15) is 31.1 Å². The molecule has 0 spiro atoms. The van der Waals surface area contributed by atoms with Gasteiger partial charge in [0.2, 0.25) is 0 Å². The van der Waals surface area contributed by atoms with E-state index in [0.717, 1.165) is 0 Å². The second kappa shape index (κ2) is 8.74. The fourth-order valence-corrected chi connectivity index (χ4v) is 5.28. The van der Waals surface area contributed by atoms with Crippen molar-refractivity contribution in [3.05, 3.63) is 58.5 Å². The fraction of sp³-hybridized carbons (Fsp3) is 0.321. The highest BCUT2D eigenvalue weighted by Gasteiger charge is 2.51. The number of hydrogen-bond acceptors (Lipinski definition) is 9. The van der Waals surface area contributed by atoms with Gasteiger partial charge in [-0.05, 0) is 49.2 Å². The smallest absolute Gasteiger partial charge is 0.344 e. The van der Waals surface area contributed by atoms with Crippen LogP contribution in [-0.4, -0.2) is 58.6 Å². The number of rotatable bonds is 4. The van der Waals surface area contributed by atoms with Gasteiger partial charge in [0.05, 0.1) is 31.1 Å². The van der Waals surface area contributed by atoms with Crippen LogP contribution in [0.3, 0.4) is 0 Å². The lowest BCUT2D eigenvalue weighted by Gasteiger charge is -2.46. The maximum Gasteiger partial charge on any atom is 0.344 e. The first kappa shape index (κ1) is 25.0. The molecular weight excluding hydrogens is 480 g/mol. The molecule has 1 fully saturated rings. The average Bonchev–Trinajstić information content (AvgIpc) is 2.89. The van der Waals surface area contributed by atoms with E-state index in [-0.39, 0.29) is 33.2 Å². The van der Waals surface area contributed by atoms with E-state index in [1.54, 1.807) is 31.2 Å². The SMILES string of the molecule is C=Cc1cc(OC)c2c(c1)c(=O)oc1c2cc(OC)c2c(O)ccc([C@@H]3O[C@H](C)[C@H](O)[C@@](C)(O)[C@H]3O)c21. The number of fused-ring (bicyclic) bond motifs is 5. The highest BCUT2D eigenvalue weighted by atomic mass is 16.5. The van der Waals surface area contributed by atoms with Gasteiger partial charge in [-0.1, -0.05) is 18.7 Å². The zero-order valence-electron chi connectivity index (χ0n) is 20.8. The van der Waals surface area contributed by atoms with Crippen molar-refractivity contribution in [1.29, 1.82) is 0 Å². The molecule has 0 unspecified atom stereocenters. The van der Waals surface area contributed by atoms with Crippen LogP contribution < -0.4 is 15.1 Å². The number of methoxy groups -OCH3 is 2. The summed E-state index contributed by atoms with van der Waals surface area (Å²) in [6, 6.07) is 7.95. The van der Waals surface area contributed by atoms with E-state index in [0.29, 0.717) is 27.6 Å². The van der Waals surface area contributed by atoms with E-state index in [1.807, 2.05) is 0 Å². The molecule has 3 aromatic carbocycles. The normalized spacial score (nSPS) is 26.0. The topological polar surface area (TPSA) is 139 Å². The number of phenols is 1. The van der Waals surface area contributed by atoms with E-state index in [2.05, 4.69) is 6.58 Å². The van der Waals surface area contributed by atoms with E-state index < -0.39 is 35.6 Å². The van der Waals surface area contributed by atoms with Crippen LogP contribution in [0.2, 0.25) is 0 Å². The van der Waals surface area contributed by atoms with Crippen LogP contribution in [0.25, 0.3) is 38.6 Å². The number of ether oxygens (including phenoxy) is 3. The van der Waals surface area contributed by atoms with Crippen LogP contribution in [-0.2, 0) is 4.74 Å². The van der Waals surface area contributed by atoms with Crippen LogP contribution in [0.15, 0.2) is 46.1 Å². The van der Waals surface area contributed by atoms with Crippen molar-refractivity contribution in [2.45, 2.75) is 43.9 Å². The van der Waals surface area contributed by atoms with Crippen LogP contribution in [0.5, 0.6) is 17.2 Å². The summed E-state index contributed by atoms with van der Waals surface area (Å²) in [4.78, 5) is 13.3. The molecule has 0 amide bonds. The largest absolute Gasteiger partial charge is 0.507 e. The van der Waals surface area contributed by atoms with Crippen LogP contribution in [0.4, 0.5) is 0 Å². The van der Waals surface area contributed by atoms with E-state index in [9.17, 15) is 25.2 Å². The molecule has 5 rings (SSSR count). The van der Waals surface area contributed by atoms with E-state index >= 15 is 0 Å². The summed E-state index contributed by atoms with van der Waals surface area (Å²) in [5, 5.41) is 44.9. The van der Waals surface area contributed by atoms with Crippen molar-refractivity contribution in [1.82, 2.24) is 0 Å². The summed E-state index contributed by atoms with van der Waals surface area (Å²) < 4.78 is 23.1. The van der Waals surface area contributed by atoms with E-state index in [1.165, 1.54) is 33.3 Å². The lowest BCUT2D eigenvalue weighted by atomic mass is 9.80. The molecule has 1 aromatic heterocycles. The van der Waals surface area contributed by atoms with Gasteiger partial charge < -0.3 is 39.1 Å². The maximum absolute atomic E-state index is 13.3. The van der Waals surface area contributed by atoms with Crippen LogP contribution in [0, 0.1) is 0 Å². The van der Waals surface area contributed by atoms with Gasteiger partial charge in [0.15, 0.2) is 0 Å². The molecule has 4 aromatic rings. The Labute approximate surface area is 211 Å². The number of aromatic hydroxyl groups is 1. The maximum atomic E-state index is 13.3. The summed E-state index contributed by atoms with van der Waals surface area (Å²) in [5.41, 5.74) is -1.45. The Morgan fingerprint density at radius 1 is 1.00 bits per heavy atom. The molecule has 1 aliphatic rings. The Kier molecular flexibility index (Phi) is 5.91. The first-order valence-electron chi connectivity index (χ1n) is 11.7. The van der Waals surface area contributed by atoms with Gasteiger partial charge in [-0.15, -0.1) is 0 Å². The van der Waals surface area contributed by atoms with Crippen molar-refractivity contribution in [2.75, 3.05) is 14.2 Å². The molecule has 9 nitrogen and oxygen atoms in total. The summed E-state index contributed by atoms with van der Waals surface area (Å²) in [7, 11) is 2.93. The predicted octanol–water partition coefficient (Wildman–Crippen LogP) is 3.40. The predicted molar refractivity (Wildman–Crippen MR) is 138 cm³/mol. The molecule has 1 aliphatic heterocycles. The molecule has 0 aliphatic carbocycles. The zero-order chi connectivity index (χ0) is 26.8. The van der Waals surface area contributed by atoms with Gasteiger partial charge in [-0.3, -0.25) is 0 Å². The number of benzene rings is 3. The van der Waals surface area contributed by atoms with Crippen LogP contribution >= 0.6 is 0 Å². The quantitative estimate of drug-likeness (QED) is 0.241. The molecule has 9 heteroatoms. The molecule has 1 saturated heterocycles. The molecule has 0 radical (unpaired) electrons. The third kappa shape index (κ3) is 3.58. The van der Waals surface area contributed by atoms with Crippen molar-refractivity contribution in [3.63, 3.8) is 0 Å². The van der Waals surface area contributed by atoms with Crippen molar-refractivity contribution in [2.24, 2.45) is 0 Å². The minimum absolute atomic E-state index is 0.109. The minimum atomic E-state index is -1.90. The second-order valence-corrected chi connectivity index (χ2v) is 9.50. The summed E-state index contributed by atoms with van der Waals surface area (Å²) in [5.74, 6) is 0.526. The summed E-state index contributed by atoms with van der Waals surface area (Å²) in [6.45, 7) is 6.67. The van der Waals surface area contributed by atoms with E-state index in [4.69, 9.17) is 18.6 Å². The third-order valence-electron chi connectivity index (χ3n) is 7.29. The van der Waals surface area contributed by atoms with Gasteiger partial charge in [0.25, 0.3) is 0 Å².